The second-order valence-corrected chi connectivity index (χ2v) is 15.2. The molecular formula is C35H47N7O8. The van der Waals surface area contributed by atoms with Crippen LogP contribution >= 0.6 is 0 Å². The van der Waals surface area contributed by atoms with Crippen LogP contribution in [0.15, 0.2) is 52.4 Å². The molecule has 0 aliphatic heterocycles. The number of fused-ring (bicyclic) bond motifs is 2. The van der Waals surface area contributed by atoms with Gasteiger partial charge in [-0.15, -0.1) is 9.98 Å². The molecule has 4 amide bonds. The number of hydrogen-bond acceptors (Lipinski definition) is 9. The molecule has 1 heterocycles. The Morgan fingerprint density at radius 3 is 1.18 bits per heavy atom. The first kappa shape index (κ1) is 39.0. The van der Waals surface area contributed by atoms with Gasteiger partial charge in [-0.25, -0.2) is 24.2 Å². The number of carbonyl (C=O) groups is 4. The molecule has 0 saturated carbocycles. The number of aliphatic imine (C=N–C) groups is 2. The highest BCUT2D eigenvalue weighted by Crippen LogP contribution is 2.25. The topological polar surface area (TPSA) is 191 Å². The summed E-state index contributed by atoms with van der Waals surface area (Å²) < 4.78 is 21.2. The third-order valence-electron chi connectivity index (χ3n) is 5.57. The van der Waals surface area contributed by atoms with E-state index in [0.717, 1.165) is 10.8 Å². The molecule has 0 unspecified atom stereocenters. The number of nitrogens with one attached hydrogen (secondary N) is 4. The van der Waals surface area contributed by atoms with E-state index >= 15 is 0 Å². The zero-order valence-corrected chi connectivity index (χ0v) is 30.6. The minimum atomic E-state index is -0.920. The van der Waals surface area contributed by atoms with E-state index in [1.165, 1.54) is 0 Å². The average Bonchev–Trinajstić information content (AvgIpc) is 2.87. The maximum atomic E-state index is 12.5. The molecule has 0 spiro atoms. The van der Waals surface area contributed by atoms with E-state index in [4.69, 9.17) is 23.9 Å². The molecule has 3 aromatic rings. The van der Waals surface area contributed by atoms with E-state index in [-0.39, 0.29) is 11.9 Å². The van der Waals surface area contributed by atoms with E-state index in [2.05, 4.69) is 31.3 Å². The predicted octanol–water partition coefficient (Wildman–Crippen LogP) is 7.84. The number of pyridine rings is 1. The molecule has 1 aromatic heterocycles. The molecule has 0 bridgehead atoms. The van der Waals surface area contributed by atoms with Crippen LogP contribution in [0.1, 0.15) is 83.1 Å². The van der Waals surface area contributed by atoms with Crippen LogP contribution in [0.3, 0.4) is 0 Å². The highest BCUT2D eigenvalue weighted by molar-refractivity contribution is 6.08. The van der Waals surface area contributed by atoms with E-state index < -0.39 is 46.8 Å². The highest BCUT2D eigenvalue weighted by atomic mass is 16.6. The number of hydrogen-bond donors (Lipinski definition) is 4. The van der Waals surface area contributed by atoms with Crippen molar-refractivity contribution in [2.24, 2.45) is 9.98 Å². The number of nitrogens with zero attached hydrogens (tertiary/aromatic N) is 3. The summed E-state index contributed by atoms with van der Waals surface area (Å²) in [7, 11) is 0. The Morgan fingerprint density at radius 2 is 0.860 bits per heavy atom. The van der Waals surface area contributed by atoms with Gasteiger partial charge >= 0.3 is 24.4 Å². The number of anilines is 2. The molecule has 50 heavy (non-hydrogen) atoms. The number of benzene rings is 2. The van der Waals surface area contributed by atoms with Crippen LogP contribution in [-0.4, -0.2) is 63.7 Å². The van der Waals surface area contributed by atoms with Crippen LogP contribution < -0.4 is 21.3 Å². The monoisotopic (exact) mass is 693 g/mol. The lowest BCUT2D eigenvalue weighted by Crippen LogP contribution is -2.40. The van der Waals surface area contributed by atoms with E-state index in [0.29, 0.717) is 22.4 Å². The third-order valence-corrected chi connectivity index (χ3v) is 5.57. The molecule has 270 valence electrons. The minimum absolute atomic E-state index is 0.214. The molecule has 0 atom stereocenters. The number of aromatic nitrogens is 1. The zero-order chi connectivity index (χ0) is 37.7. The fraction of sp³-hybridized carbons (Fsp3) is 0.457. The van der Waals surface area contributed by atoms with E-state index in [1.54, 1.807) is 107 Å². The number of carbonyl (C=O) groups excluding carboxylic acids is 4. The predicted molar refractivity (Wildman–Crippen MR) is 193 cm³/mol. The molecule has 3 rings (SSSR count). The van der Waals surface area contributed by atoms with Crippen molar-refractivity contribution >= 4 is 69.5 Å². The molecule has 15 heteroatoms. The van der Waals surface area contributed by atoms with Gasteiger partial charge in [-0.05, 0) is 113 Å². The summed E-state index contributed by atoms with van der Waals surface area (Å²) in [5, 5.41) is 12.4. The Morgan fingerprint density at radius 1 is 0.520 bits per heavy atom. The van der Waals surface area contributed by atoms with Crippen LogP contribution in [0, 0.1) is 0 Å². The maximum absolute atomic E-state index is 12.5. The Bertz CT molecular complexity index is 1700. The molecule has 0 aliphatic carbocycles. The Hall–Kier alpha value is -5.47. The first-order valence-corrected chi connectivity index (χ1v) is 15.8. The van der Waals surface area contributed by atoms with Crippen molar-refractivity contribution in [2.75, 3.05) is 10.6 Å². The smallest absolute Gasteiger partial charge is 0.437 e. The number of rotatable bonds is 2. The number of amides is 4. The van der Waals surface area contributed by atoms with Crippen LogP contribution in [0.5, 0.6) is 0 Å². The third kappa shape index (κ3) is 13.9. The van der Waals surface area contributed by atoms with Crippen LogP contribution in [0.25, 0.3) is 21.8 Å². The summed E-state index contributed by atoms with van der Waals surface area (Å²) in [5.41, 5.74) is -1.20. The highest BCUT2D eigenvalue weighted by Gasteiger charge is 2.22. The van der Waals surface area contributed by atoms with E-state index in [9.17, 15) is 19.2 Å². The van der Waals surface area contributed by atoms with Crippen molar-refractivity contribution in [3.05, 3.63) is 42.5 Å². The van der Waals surface area contributed by atoms with Gasteiger partial charge in [0.15, 0.2) is 0 Å². The molecule has 0 saturated heterocycles. The summed E-state index contributed by atoms with van der Waals surface area (Å²) in [6, 6.07) is 12.4. The van der Waals surface area contributed by atoms with Crippen LogP contribution in [0.2, 0.25) is 0 Å². The quantitative estimate of drug-likeness (QED) is 0.0885. The molecule has 15 nitrogen and oxygen atoms in total. The standard InChI is InChI=1S/C35H47N7O8/c1-32(2,3)47-28(43)39-26(40-29(44)48-33(4,5)6)36-22-15-13-20-17-21-14-16-23(19-25(21)38-24(20)18-22)37-27(41-30(45)49-34(7,8)9)42-31(46)50-35(10,11)12/h13-19H,1-12H3,(H2,36,39,40,43,44)(H2,37,41,42,45,46). The molecular weight excluding hydrogens is 646 g/mol. The van der Waals surface area contributed by atoms with Gasteiger partial charge in [0.05, 0.1) is 11.0 Å². The fourth-order valence-corrected chi connectivity index (χ4v) is 3.98. The molecule has 4 N–H and O–H groups in total. The summed E-state index contributed by atoms with van der Waals surface area (Å²) in [6.07, 6.45) is -3.49. The Labute approximate surface area is 291 Å². The van der Waals surface area contributed by atoms with Crippen LogP contribution in [0.4, 0.5) is 30.6 Å². The first-order valence-electron chi connectivity index (χ1n) is 15.8. The van der Waals surface area contributed by atoms with Crippen molar-refractivity contribution in [2.45, 2.75) is 105 Å². The lowest BCUT2D eigenvalue weighted by molar-refractivity contribution is 0.0545. The molecule has 0 radical (unpaired) electrons. The van der Waals surface area contributed by atoms with Crippen molar-refractivity contribution in [3.63, 3.8) is 0 Å². The average molecular weight is 694 g/mol. The molecule has 0 aliphatic rings. The van der Waals surface area contributed by atoms with Gasteiger partial charge in [-0.2, -0.15) is 0 Å². The second-order valence-electron chi connectivity index (χ2n) is 15.2. The lowest BCUT2D eigenvalue weighted by Gasteiger charge is -2.21. The van der Waals surface area contributed by atoms with Crippen molar-refractivity contribution in [3.8, 4) is 0 Å². The summed E-state index contributed by atoms with van der Waals surface area (Å²) in [5.74, 6) is -0.427. The van der Waals surface area contributed by atoms with Gasteiger partial charge in [0.2, 0.25) is 11.9 Å². The van der Waals surface area contributed by atoms with Crippen molar-refractivity contribution < 1.29 is 38.1 Å². The van der Waals surface area contributed by atoms with Gasteiger partial charge in [-0.3, -0.25) is 10.6 Å². The normalized spacial score (nSPS) is 13.0. The van der Waals surface area contributed by atoms with Crippen molar-refractivity contribution in [1.29, 1.82) is 0 Å². The minimum Gasteiger partial charge on any atom is -0.444 e. The zero-order valence-electron chi connectivity index (χ0n) is 30.6. The molecule has 2 aromatic carbocycles. The summed E-state index contributed by atoms with van der Waals surface area (Å²) in [4.78, 5) is 62.7. The lowest BCUT2D eigenvalue weighted by atomic mass is 10.1. The van der Waals surface area contributed by atoms with Crippen molar-refractivity contribution in [1.82, 2.24) is 15.6 Å². The van der Waals surface area contributed by atoms with Crippen LogP contribution in [-0.2, 0) is 18.9 Å². The van der Waals surface area contributed by atoms with Gasteiger partial charge in [-0.1, -0.05) is 12.1 Å². The first-order chi connectivity index (χ1) is 22.8. The summed E-state index contributed by atoms with van der Waals surface area (Å²) in [6.45, 7) is 20.4. The Balaban J connectivity index is 1.95. The Kier molecular flexibility index (Phi) is 11.7. The number of alkyl carbamates (subject to hydrolysis) is 2. The maximum Gasteiger partial charge on any atom is 0.437 e. The number of guanidine groups is 2. The SMILES string of the molecule is CC(C)(C)OC(=O)/N=C(/NC(=O)OC(C)(C)C)Nc1ccc2cc3ccc(N/C(=N\C(=O)OC(C)(C)C)NC(=O)OC(C)(C)C)cc3nc2c1. The number of ether oxygens (including phenoxy) is 4. The molecule has 0 fully saturated rings. The van der Waals surface area contributed by atoms with Gasteiger partial charge in [0.1, 0.15) is 22.4 Å². The largest absolute Gasteiger partial charge is 0.444 e. The van der Waals surface area contributed by atoms with Gasteiger partial charge in [0.25, 0.3) is 0 Å². The van der Waals surface area contributed by atoms with E-state index in [1.807, 2.05) is 18.2 Å². The fourth-order valence-electron chi connectivity index (χ4n) is 3.98. The second kappa shape index (κ2) is 15.0. The summed E-state index contributed by atoms with van der Waals surface area (Å²) >= 11 is 0. The van der Waals surface area contributed by atoms with Gasteiger partial charge in [0, 0.05) is 22.1 Å². The van der Waals surface area contributed by atoms with Gasteiger partial charge < -0.3 is 29.6 Å².